The molecule has 1 amide bonds. The third kappa shape index (κ3) is 4.09. The molecule has 2 aromatic rings. The summed E-state index contributed by atoms with van der Waals surface area (Å²) < 4.78 is 0. The number of aliphatic hydroxyl groups excluding tert-OH is 1. The fraction of sp³-hybridized carbons (Fsp3) is 0.300. The molecule has 0 aliphatic rings. The van der Waals surface area contributed by atoms with Crippen LogP contribution in [0, 0.1) is 0 Å². The highest BCUT2D eigenvalue weighted by molar-refractivity contribution is 6.02. The van der Waals surface area contributed by atoms with Crippen LogP contribution >= 0.6 is 0 Å². The molecule has 2 rings (SSSR count). The van der Waals surface area contributed by atoms with Gasteiger partial charge in [0.05, 0.1) is 6.61 Å². The molecule has 0 saturated heterocycles. The first kappa shape index (κ1) is 19.6. The summed E-state index contributed by atoms with van der Waals surface area (Å²) in [7, 11) is 0. The number of hydrogen-bond donors (Lipinski definition) is 2. The van der Waals surface area contributed by atoms with Crippen molar-refractivity contribution in [3.63, 3.8) is 0 Å². The van der Waals surface area contributed by atoms with E-state index in [0.717, 1.165) is 16.1 Å². The van der Waals surface area contributed by atoms with Crippen molar-refractivity contribution in [2.24, 2.45) is 0 Å². The first-order valence-corrected chi connectivity index (χ1v) is 8.61. The maximum absolute atomic E-state index is 13.3. The van der Waals surface area contributed by atoms with Gasteiger partial charge in [-0.25, -0.2) is 9.80 Å². The Labute approximate surface area is 153 Å². The van der Waals surface area contributed by atoms with E-state index in [1.807, 2.05) is 56.3 Å². The molecule has 0 aliphatic heterocycles. The van der Waals surface area contributed by atoms with Gasteiger partial charge in [-0.15, -0.1) is 0 Å². The Morgan fingerprint density at radius 3 is 2.08 bits per heavy atom. The van der Waals surface area contributed by atoms with Gasteiger partial charge < -0.3 is 10.2 Å². The zero-order valence-corrected chi connectivity index (χ0v) is 15.0. The third-order valence-electron chi connectivity index (χ3n) is 4.24. The molecule has 0 aromatic heterocycles. The lowest BCUT2D eigenvalue weighted by Gasteiger charge is -2.37. The van der Waals surface area contributed by atoms with Gasteiger partial charge in [0.25, 0.3) is 5.91 Å². The van der Waals surface area contributed by atoms with E-state index in [9.17, 15) is 19.8 Å². The Balaban J connectivity index is 2.54. The zero-order valence-electron chi connectivity index (χ0n) is 15.0. The van der Waals surface area contributed by atoms with Crippen LogP contribution in [-0.2, 0) is 4.79 Å². The molecular weight excluding hydrogens is 332 g/mol. The number of hydrazine groups is 1. The van der Waals surface area contributed by atoms with E-state index < -0.39 is 24.5 Å². The number of amides is 1. The highest BCUT2D eigenvalue weighted by Crippen LogP contribution is 2.25. The average Bonchev–Trinajstić information content (AvgIpc) is 2.68. The number of nitrogens with zero attached hydrogens (tertiary/aromatic N) is 2. The molecule has 138 valence electrons. The summed E-state index contributed by atoms with van der Waals surface area (Å²) in [6, 6.07) is 15.2. The number of carbonyl (C=O) groups excluding carboxylic acids is 1. The molecule has 0 heterocycles. The van der Waals surface area contributed by atoms with Crippen LogP contribution in [0.4, 0.5) is 0 Å². The highest BCUT2D eigenvalue weighted by Gasteiger charge is 2.34. The Bertz CT molecular complexity index is 744. The largest absolute Gasteiger partial charge is 0.480 e. The van der Waals surface area contributed by atoms with Crippen molar-refractivity contribution in [2.45, 2.75) is 19.9 Å². The summed E-state index contributed by atoms with van der Waals surface area (Å²) in [4.78, 5) is 24.9. The van der Waals surface area contributed by atoms with Gasteiger partial charge >= 0.3 is 5.97 Å². The van der Waals surface area contributed by atoms with Crippen LogP contribution in [0.15, 0.2) is 54.6 Å². The smallest absolute Gasteiger partial charge is 0.330 e. The standard InChI is InChI=1S/C20H24N2O4/c1-3-21(4-2)22(18(14-23)20(25)26)19(24)17-13-9-8-12-16(17)15-10-6-5-7-11-15/h5-13,18,23H,3-4,14H2,1-2H3,(H,25,26). The van der Waals surface area contributed by atoms with Gasteiger partial charge in [-0.05, 0) is 17.2 Å². The maximum atomic E-state index is 13.3. The third-order valence-corrected chi connectivity index (χ3v) is 4.24. The monoisotopic (exact) mass is 356 g/mol. The number of hydrogen-bond acceptors (Lipinski definition) is 4. The molecule has 0 saturated carbocycles. The number of aliphatic hydroxyl groups is 1. The molecule has 6 heteroatoms. The number of rotatable bonds is 8. The van der Waals surface area contributed by atoms with E-state index >= 15 is 0 Å². The van der Waals surface area contributed by atoms with Crippen LogP contribution in [0.5, 0.6) is 0 Å². The molecule has 0 radical (unpaired) electrons. The van der Waals surface area contributed by atoms with Gasteiger partial charge in [-0.3, -0.25) is 9.80 Å². The molecule has 0 aliphatic carbocycles. The maximum Gasteiger partial charge on any atom is 0.330 e. The lowest BCUT2D eigenvalue weighted by atomic mass is 9.99. The van der Waals surface area contributed by atoms with Crippen LogP contribution in [-0.4, -0.2) is 57.8 Å². The van der Waals surface area contributed by atoms with Crippen LogP contribution in [0.3, 0.4) is 0 Å². The first-order chi connectivity index (χ1) is 12.5. The quantitative estimate of drug-likeness (QED) is 0.710. The lowest BCUT2D eigenvalue weighted by molar-refractivity contribution is -0.151. The Hall–Kier alpha value is -2.70. The minimum Gasteiger partial charge on any atom is -0.480 e. The van der Waals surface area contributed by atoms with Crippen LogP contribution in [0.1, 0.15) is 24.2 Å². The summed E-state index contributed by atoms with van der Waals surface area (Å²) in [5, 5.41) is 21.9. The fourth-order valence-electron chi connectivity index (χ4n) is 2.92. The van der Waals surface area contributed by atoms with Gasteiger partial charge in [0.2, 0.25) is 0 Å². The van der Waals surface area contributed by atoms with Crippen molar-refractivity contribution in [1.29, 1.82) is 0 Å². The normalized spacial score (nSPS) is 12.0. The zero-order chi connectivity index (χ0) is 19.1. The molecule has 0 bridgehead atoms. The van der Waals surface area contributed by atoms with Crippen molar-refractivity contribution in [3.8, 4) is 11.1 Å². The van der Waals surface area contributed by atoms with Gasteiger partial charge in [-0.2, -0.15) is 0 Å². The molecule has 26 heavy (non-hydrogen) atoms. The van der Waals surface area contributed by atoms with Crippen LogP contribution in [0.25, 0.3) is 11.1 Å². The SMILES string of the molecule is CCN(CC)N(C(=O)c1ccccc1-c1ccccc1)C(CO)C(=O)O. The summed E-state index contributed by atoms with van der Waals surface area (Å²) in [6.45, 7) is 3.90. The van der Waals surface area contributed by atoms with Crippen molar-refractivity contribution < 1.29 is 19.8 Å². The summed E-state index contributed by atoms with van der Waals surface area (Å²) in [6.07, 6.45) is 0. The van der Waals surface area contributed by atoms with Gasteiger partial charge in [0.15, 0.2) is 6.04 Å². The topological polar surface area (TPSA) is 81.1 Å². The molecule has 6 nitrogen and oxygen atoms in total. The average molecular weight is 356 g/mol. The predicted molar refractivity (Wildman–Crippen MR) is 99.5 cm³/mol. The molecule has 0 spiro atoms. The van der Waals surface area contributed by atoms with Crippen LogP contribution in [0.2, 0.25) is 0 Å². The molecule has 2 aromatic carbocycles. The second kappa shape index (κ2) is 9.12. The number of carboxylic acids is 1. The van der Waals surface area contributed by atoms with Crippen molar-refractivity contribution in [2.75, 3.05) is 19.7 Å². The number of carbonyl (C=O) groups is 2. The Morgan fingerprint density at radius 1 is 0.962 bits per heavy atom. The van der Waals surface area contributed by atoms with Gasteiger partial charge in [0.1, 0.15) is 0 Å². The van der Waals surface area contributed by atoms with Crippen molar-refractivity contribution in [1.82, 2.24) is 10.0 Å². The number of aliphatic carboxylic acids is 1. The van der Waals surface area contributed by atoms with Crippen molar-refractivity contribution in [3.05, 3.63) is 60.2 Å². The molecule has 1 atom stereocenters. The molecular formula is C20H24N2O4. The Morgan fingerprint density at radius 2 is 1.54 bits per heavy atom. The summed E-state index contributed by atoms with van der Waals surface area (Å²) in [5.74, 6) is -1.69. The van der Waals surface area contributed by atoms with E-state index in [4.69, 9.17) is 0 Å². The van der Waals surface area contributed by atoms with E-state index in [1.54, 1.807) is 17.1 Å². The van der Waals surface area contributed by atoms with Gasteiger partial charge in [-0.1, -0.05) is 62.4 Å². The first-order valence-electron chi connectivity index (χ1n) is 8.61. The molecule has 1 unspecified atom stereocenters. The Kier molecular flexibility index (Phi) is 6.89. The fourth-order valence-corrected chi connectivity index (χ4v) is 2.92. The highest BCUT2D eigenvalue weighted by atomic mass is 16.4. The van der Waals surface area contributed by atoms with E-state index in [0.29, 0.717) is 18.7 Å². The lowest BCUT2D eigenvalue weighted by Crippen LogP contribution is -2.56. The molecule has 0 fully saturated rings. The second-order valence-corrected chi connectivity index (χ2v) is 5.74. The van der Waals surface area contributed by atoms with Crippen molar-refractivity contribution >= 4 is 11.9 Å². The van der Waals surface area contributed by atoms with Crippen LogP contribution < -0.4 is 0 Å². The number of carboxylic acid groups (broad SMARTS) is 1. The second-order valence-electron chi connectivity index (χ2n) is 5.74. The molecule has 2 N–H and O–H groups in total. The summed E-state index contributed by atoms with van der Waals surface area (Å²) >= 11 is 0. The van der Waals surface area contributed by atoms with E-state index in [2.05, 4.69) is 0 Å². The van der Waals surface area contributed by atoms with E-state index in [1.165, 1.54) is 0 Å². The number of benzene rings is 2. The van der Waals surface area contributed by atoms with E-state index in [-0.39, 0.29) is 0 Å². The predicted octanol–water partition coefficient (Wildman–Crippen LogP) is 2.50. The van der Waals surface area contributed by atoms with Gasteiger partial charge in [0, 0.05) is 18.7 Å². The minimum atomic E-state index is -1.34. The summed E-state index contributed by atoms with van der Waals surface area (Å²) in [5.41, 5.74) is 1.98. The minimum absolute atomic E-state index is 0.394.